The van der Waals surface area contributed by atoms with Crippen LogP contribution >= 0.6 is 15.6 Å². The summed E-state index contributed by atoms with van der Waals surface area (Å²) in [5.74, 6) is -2.33. The molecule has 0 aliphatic heterocycles. The van der Waals surface area contributed by atoms with Crippen molar-refractivity contribution in [3.8, 4) is 0 Å². The Labute approximate surface area is 655 Å². The van der Waals surface area contributed by atoms with Gasteiger partial charge in [-0.15, -0.1) is 0 Å². The number of aliphatic hydroxyl groups is 1. The maximum Gasteiger partial charge on any atom is 0.472 e. The summed E-state index contributed by atoms with van der Waals surface area (Å²) in [7, 11) is -10.0. The third kappa shape index (κ3) is 78.8. The van der Waals surface area contributed by atoms with Crippen molar-refractivity contribution in [3.05, 3.63) is 158 Å². The minimum absolute atomic E-state index is 0.0367. The molecule has 108 heavy (non-hydrogen) atoms. The van der Waals surface area contributed by atoms with Crippen LogP contribution in [0.1, 0.15) is 323 Å². The predicted octanol–water partition coefficient (Wildman–Crippen LogP) is 24.8. The first-order chi connectivity index (χ1) is 52.7. The summed E-state index contributed by atoms with van der Waals surface area (Å²) in [5, 5.41) is 10.7. The van der Waals surface area contributed by atoms with Crippen molar-refractivity contribution in [1.29, 1.82) is 0 Å². The van der Waals surface area contributed by atoms with E-state index >= 15 is 0 Å². The first kappa shape index (κ1) is 103. The van der Waals surface area contributed by atoms with E-state index in [1.165, 1.54) is 70.6 Å². The first-order valence-corrected chi connectivity index (χ1v) is 44.7. The number of ether oxygens (including phenoxy) is 4. The van der Waals surface area contributed by atoms with Crippen LogP contribution in [0.3, 0.4) is 0 Å². The molecule has 19 heteroatoms. The Hall–Kier alpha value is -5.32. The molecular formula is C89H148O17P2. The normalized spacial score (nSPS) is 14.6. The second-order valence-electron chi connectivity index (χ2n) is 27.3. The molecule has 0 saturated carbocycles. The maximum absolute atomic E-state index is 13.1. The molecule has 0 rings (SSSR count). The molecule has 0 aliphatic rings. The van der Waals surface area contributed by atoms with Crippen LogP contribution in [0.5, 0.6) is 0 Å². The number of phosphoric ester groups is 2. The number of unbranched alkanes of at least 4 members (excludes halogenated alkanes) is 25. The smallest absolute Gasteiger partial charge is 0.462 e. The van der Waals surface area contributed by atoms with Gasteiger partial charge in [0.15, 0.2) is 12.2 Å². The van der Waals surface area contributed by atoms with Crippen LogP contribution in [0.25, 0.3) is 0 Å². The second kappa shape index (κ2) is 79.8. The fraction of sp³-hybridized carbons (Fsp3) is 0.663. The minimum atomic E-state index is -5.01. The van der Waals surface area contributed by atoms with Crippen molar-refractivity contribution >= 4 is 39.5 Å². The average Bonchev–Trinajstić information content (AvgIpc) is 0.907. The first-order valence-electron chi connectivity index (χ1n) is 41.7. The maximum atomic E-state index is 13.1. The van der Waals surface area contributed by atoms with Crippen molar-refractivity contribution in [1.82, 2.24) is 0 Å². The number of hydrogen-bond donors (Lipinski definition) is 3. The number of aliphatic hydroxyl groups excluding tert-OH is 1. The number of rotatable bonds is 77. The second-order valence-corrected chi connectivity index (χ2v) is 30.2. The molecular weight excluding hydrogens is 1400 g/mol. The van der Waals surface area contributed by atoms with Gasteiger partial charge in [0, 0.05) is 25.7 Å². The quantitative estimate of drug-likeness (QED) is 0.0169. The minimum Gasteiger partial charge on any atom is -0.462 e. The lowest BCUT2D eigenvalue weighted by Gasteiger charge is -2.21. The Balaban J connectivity index is 5.50. The number of esters is 4. The van der Waals surface area contributed by atoms with E-state index in [2.05, 4.69) is 167 Å². The average molecular weight is 1550 g/mol. The topological polar surface area (TPSA) is 237 Å². The van der Waals surface area contributed by atoms with Crippen molar-refractivity contribution in [2.45, 2.75) is 341 Å². The van der Waals surface area contributed by atoms with Crippen molar-refractivity contribution in [2.75, 3.05) is 39.6 Å². The Morgan fingerprint density at radius 3 is 0.824 bits per heavy atom. The van der Waals surface area contributed by atoms with Crippen molar-refractivity contribution < 1.29 is 80.2 Å². The largest absolute Gasteiger partial charge is 0.472 e. The molecule has 0 aliphatic carbocycles. The molecule has 0 amide bonds. The van der Waals surface area contributed by atoms with Crippen LogP contribution in [0.4, 0.5) is 0 Å². The van der Waals surface area contributed by atoms with Gasteiger partial charge in [0.25, 0.3) is 0 Å². The Kier molecular flexibility index (Phi) is 75.8. The summed E-state index contributed by atoms with van der Waals surface area (Å²) in [6.45, 7) is 4.51. The van der Waals surface area contributed by atoms with Gasteiger partial charge >= 0.3 is 39.5 Å². The zero-order valence-corrected chi connectivity index (χ0v) is 69.3. The lowest BCUT2D eigenvalue weighted by atomic mass is 10.1. The lowest BCUT2D eigenvalue weighted by molar-refractivity contribution is -0.161. The molecule has 0 heterocycles. The van der Waals surface area contributed by atoms with Gasteiger partial charge in [0.1, 0.15) is 19.3 Å². The Bertz CT molecular complexity index is 2660. The number of carbonyl (C=O) groups excluding carboxylic acids is 4. The van der Waals surface area contributed by atoms with Gasteiger partial charge in [0.05, 0.1) is 26.4 Å². The van der Waals surface area contributed by atoms with Crippen molar-refractivity contribution in [2.24, 2.45) is 0 Å². The van der Waals surface area contributed by atoms with E-state index in [-0.39, 0.29) is 25.7 Å². The molecule has 616 valence electrons. The van der Waals surface area contributed by atoms with Crippen LogP contribution in [0.15, 0.2) is 158 Å². The fourth-order valence-electron chi connectivity index (χ4n) is 10.7. The van der Waals surface area contributed by atoms with Crippen LogP contribution < -0.4 is 0 Å². The van der Waals surface area contributed by atoms with Crippen LogP contribution in [0.2, 0.25) is 0 Å². The molecule has 0 fully saturated rings. The fourth-order valence-corrected chi connectivity index (χ4v) is 12.3. The van der Waals surface area contributed by atoms with Gasteiger partial charge in [-0.05, 0) is 161 Å². The summed E-state index contributed by atoms with van der Waals surface area (Å²) >= 11 is 0. The third-order valence-electron chi connectivity index (χ3n) is 17.0. The number of carbonyl (C=O) groups is 4. The molecule has 0 radical (unpaired) electrons. The number of allylic oxidation sites excluding steroid dienone is 26. The van der Waals surface area contributed by atoms with Gasteiger partial charge in [-0.3, -0.25) is 37.3 Å². The highest BCUT2D eigenvalue weighted by molar-refractivity contribution is 7.47. The van der Waals surface area contributed by atoms with Gasteiger partial charge in [0.2, 0.25) is 0 Å². The van der Waals surface area contributed by atoms with Crippen LogP contribution in [-0.4, -0.2) is 96.7 Å². The molecule has 0 spiro atoms. The van der Waals surface area contributed by atoms with E-state index in [4.69, 9.17) is 37.0 Å². The predicted molar refractivity (Wildman–Crippen MR) is 445 cm³/mol. The van der Waals surface area contributed by atoms with Gasteiger partial charge < -0.3 is 33.8 Å². The molecule has 0 aromatic rings. The van der Waals surface area contributed by atoms with Crippen LogP contribution in [0, 0.1) is 0 Å². The molecule has 5 atom stereocenters. The summed E-state index contributed by atoms with van der Waals surface area (Å²) in [6.07, 6.45) is 93.7. The molecule has 17 nitrogen and oxygen atoms in total. The third-order valence-corrected chi connectivity index (χ3v) is 18.9. The monoisotopic (exact) mass is 1550 g/mol. The molecule has 0 saturated heterocycles. The van der Waals surface area contributed by atoms with Crippen molar-refractivity contribution in [3.63, 3.8) is 0 Å². The summed E-state index contributed by atoms with van der Waals surface area (Å²) in [5.41, 5.74) is 0. The molecule has 2 unspecified atom stereocenters. The van der Waals surface area contributed by atoms with E-state index in [9.17, 15) is 43.2 Å². The van der Waals surface area contributed by atoms with E-state index in [1.807, 2.05) is 18.2 Å². The Morgan fingerprint density at radius 2 is 0.500 bits per heavy atom. The zero-order valence-electron chi connectivity index (χ0n) is 67.5. The summed E-state index contributed by atoms with van der Waals surface area (Å²) in [4.78, 5) is 73.1. The van der Waals surface area contributed by atoms with E-state index in [0.29, 0.717) is 32.1 Å². The highest BCUT2D eigenvalue weighted by atomic mass is 31.2. The summed E-state index contributed by atoms with van der Waals surface area (Å²) in [6, 6.07) is 0. The van der Waals surface area contributed by atoms with Crippen LogP contribution in [-0.2, 0) is 65.4 Å². The van der Waals surface area contributed by atoms with Gasteiger partial charge in [-0.1, -0.05) is 295 Å². The SMILES string of the molecule is CC/C=C\C/C=C\C/C=C\C/C=C\C/C=C\C/C=C\CCC(=O)O[C@H](COC(=O)CCCCCCC/C=C\CCCCCCCC)COP(=O)(O)OC[C@@H](O)COP(=O)(O)OC[C@@H](COC(=O)CCCCCCCCC/C=C\CCCCCC)OC(=O)CCCCC/C=C\C/C=C\C/C=C\C/C=C\C/C=C\CC. The van der Waals surface area contributed by atoms with Gasteiger partial charge in [-0.2, -0.15) is 0 Å². The summed E-state index contributed by atoms with van der Waals surface area (Å²) < 4.78 is 68.6. The number of phosphoric acid groups is 2. The number of hydrogen-bond acceptors (Lipinski definition) is 15. The molecule has 0 bridgehead atoms. The molecule has 0 aromatic heterocycles. The van der Waals surface area contributed by atoms with E-state index in [0.717, 1.165) is 167 Å². The standard InChI is InChI=1S/C89H148O17P2/c1-5-9-13-17-21-25-29-33-37-39-41-43-47-51-55-59-63-67-71-75-88(93)105-84(79-99-86(91)73-69-65-61-57-53-49-45-35-31-27-23-19-15-11-7-3)81-103-107(95,96)101-77-83(90)78-102-108(97,98)104-82-85(80-100-87(92)74-70-66-62-58-54-50-46-36-32-28-24-20-16-12-8-4)106-89(94)76-72-68-64-60-56-52-48-44-42-40-38-34-30-26-22-18-14-10-6-2/h9-10,13-14,21-22,25-27,31,33-34,36-38,41-44,46,51-52,55-56,64,68,83-85,90H,5-8,11-12,15-20,23-24,28-30,32,35,39-40,45,47-50,53-54,57-63,65-67,69-82H2,1-4H3,(H,95,96)(H,97,98)/b13-9-,14-10-,25-21-,26-22-,31-27-,37-33-,38-34-,43-41-,44-42-,46-36-,55-51-,56-52-,68-64-/t83-,84+,85+/m0/s1. The molecule has 3 N–H and O–H groups in total. The zero-order chi connectivity index (χ0) is 78.9. The van der Waals surface area contributed by atoms with E-state index in [1.54, 1.807) is 0 Å². The Morgan fingerprint density at radius 1 is 0.269 bits per heavy atom. The molecule has 0 aromatic carbocycles. The van der Waals surface area contributed by atoms with E-state index < -0.39 is 97.5 Å². The lowest BCUT2D eigenvalue weighted by Crippen LogP contribution is -2.30. The highest BCUT2D eigenvalue weighted by Gasteiger charge is 2.30. The van der Waals surface area contributed by atoms with Gasteiger partial charge in [-0.25, -0.2) is 9.13 Å². The highest BCUT2D eigenvalue weighted by Crippen LogP contribution is 2.45.